The molecule has 0 spiro atoms. The molecular weight excluding hydrogens is 184 g/mol. The maximum Gasteiger partial charge on any atom is 0.161 e. The van der Waals surface area contributed by atoms with Gasteiger partial charge >= 0.3 is 0 Å². The number of nitrogens with zero attached hydrogens (tertiary/aromatic N) is 3. The van der Waals surface area contributed by atoms with Crippen molar-refractivity contribution in [3.63, 3.8) is 0 Å². The van der Waals surface area contributed by atoms with Crippen LogP contribution in [0.4, 0.5) is 0 Å². The number of hydrogen-bond acceptors (Lipinski definition) is 5. The summed E-state index contributed by atoms with van der Waals surface area (Å²) in [6.45, 7) is 1.64. The predicted molar refractivity (Wildman–Crippen MR) is 50.5 cm³/mol. The number of rotatable bonds is 6. The topological polar surface area (TPSA) is 86.2 Å². The van der Waals surface area contributed by atoms with E-state index in [1.165, 1.54) is 0 Å². The molecule has 0 aliphatic heterocycles. The predicted octanol–water partition coefficient (Wildman–Crippen LogP) is -0.693. The Kier molecular flexibility index (Phi) is 4.51. The van der Waals surface area contributed by atoms with Crippen molar-refractivity contribution in [1.29, 1.82) is 0 Å². The highest BCUT2D eigenvalue weighted by molar-refractivity contribution is 4.91. The lowest BCUT2D eigenvalue weighted by Crippen LogP contribution is -2.14. The van der Waals surface area contributed by atoms with E-state index in [9.17, 15) is 5.11 Å². The molecule has 1 atom stereocenters. The number of hydrogen-bond donors (Lipinski definition) is 2. The minimum absolute atomic E-state index is 0.429. The molecular formula is C8H16N4O2. The molecule has 0 aliphatic rings. The minimum Gasteiger partial charge on any atom is -0.385 e. The summed E-state index contributed by atoms with van der Waals surface area (Å²) in [5.74, 6) is 0.549. The van der Waals surface area contributed by atoms with Crippen LogP contribution in [0.25, 0.3) is 0 Å². The average molecular weight is 200 g/mol. The van der Waals surface area contributed by atoms with Gasteiger partial charge in [0.15, 0.2) is 5.82 Å². The number of methoxy groups -OCH3 is 1. The summed E-state index contributed by atoms with van der Waals surface area (Å²) in [6, 6.07) is 0. The molecule has 0 radical (unpaired) electrons. The van der Waals surface area contributed by atoms with Gasteiger partial charge in [-0.25, -0.2) is 0 Å². The molecule has 0 bridgehead atoms. The largest absolute Gasteiger partial charge is 0.385 e. The van der Waals surface area contributed by atoms with Crippen LogP contribution in [0.5, 0.6) is 0 Å². The van der Waals surface area contributed by atoms with Gasteiger partial charge in [-0.3, -0.25) is 0 Å². The Balaban J connectivity index is 2.61. The third kappa shape index (κ3) is 2.76. The fourth-order valence-corrected chi connectivity index (χ4v) is 1.17. The summed E-state index contributed by atoms with van der Waals surface area (Å²) in [6.07, 6.45) is 1.43. The SMILES string of the molecule is COCCn1cnnc1C(O)CCN. The fraction of sp³-hybridized carbons (Fsp3) is 0.750. The van der Waals surface area contributed by atoms with Gasteiger partial charge in [0.25, 0.3) is 0 Å². The van der Waals surface area contributed by atoms with Gasteiger partial charge in [0, 0.05) is 13.7 Å². The van der Waals surface area contributed by atoms with E-state index in [1.807, 2.05) is 0 Å². The Morgan fingerprint density at radius 3 is 3.14 bits per heavy atom. The van der Waals surface area contributed by atoms with Crippen LogP contribution >= 0.6 is 0 Å². The molecule has 1 unspecified atom stereocenters. The number of ether oxygens (including phenoxy) is 1. The Labute approximate surface area is 82.7 Å². The number of aromatic nitrogens is 3. The zero-order valence-corrected chi connectivity index (χ0v) is 8.26. The first-order chi connectivity index (χ1) is 6.79. The zero-order chi connectivity index (χ0) is 10.4. The van der Waals surface area contributed by atoms with Crippen LogP contribution in [-0.4, -0.2) is 40.1 Å². The first-order valence-electron chi connectivity index (χ1n) is 4.54. The summed E-state index contributed by atoms with van der Waals surface area (Å²) in [7, 11) is 1.63. The second-order valence-corrected chi connectivity index (χ2v) is 2.97. The molecule has 1 aromatic heterocycles. The monoisotopic (exact) mass is 200 g/mol. The minimum atomic E-state index is -0.639. The Hall–Kier alpha value is -0.980. The van der Waals surface area contributed by atoms with Crippen molar-refractivity contribution >= 4 is 0 Å². The fourth-order valence-electron chi connectivity index (χ4n) is 1.17. The van der Waals surface area contributed by atoms with Crippen molar-refractivity contribution < 1.29 is 9.84 Å². The van der Waals surface area contributed by atoms with E-state index in [1.54, 1.807) is 18.0 Å². The van der Waals surface area contributed by atoms with Crippen LogP contribution in [0, 0.1) is 0 Å². The Morgan fingerprint density at radius 2 is 2.50 bits per heavy atom. The van der Waals surface area contributed by atoms with Gasteiger partial charge in [-0.2, -0.15) is 0 Å². The van der Waals surface area contributed by atoms with E-state index in [-0.39, 0.29) is 0 Å². The van der Waals surface area contributed by atoms with Gasteiger partial charge in [0.1, 0.15) is 12.4 Å². The molecule has 1 heterocycles. The van der Waals surface area contributed by atoms with Gasteiger partial charge in [-0.15, -0.1) is 10.2 Å². The number of aliphatic hydroxyl groups is 1. The van der Waals surface area contributed by atoms with Crippen LogP contribution in [-0.2, 0) is 11.3 Å². The molecule has 6 heteroatoms. The molecule has 80 valence electrons. The summed E-state index contributed by atoms with van der Waals surface area (Å²) in [4.78, 5) is 0. The van der Waals surface area contributed by atoms with Crippen molar-refractivity contribution in [3.05, 3.63) is 12.2 Å². The number of aliphatic hydroxyl groups excluding tert-OH is 1. The molecule has 14 heavy (non-hydrogen) atoms. The maximum atomic E-state index is 9.65. The van der Waals surface area contributed by atoms with Crippen LogP contribution in [0.1, 0.15) is 18.3 Å². The smallest absolute Gasteiger partial charge is 0.161 e. The van der Waals surface area contributed by atoms with Crippen molar-refractivity contribution in [2.75, 3.05) is 20.3 Å². The molecule has 1 rings (SSSR count). The second kappa shape index (κ2) is 5.69. The highest BCUT2D eigenvalue weighted by atomic mass is 16.5. The maximum absolute atomic E-state index is 9.65. The molecule has 0 aliphatic carbocycles. The lowest BCUT2D eigenvalue weighted by Gasteiger charge is -2.10. The van der Waals surface area contributed by atoms with Crippen LogP contribution in [0.15, 0.2) is 6.33 Å². The van der Waals surface area contributed by atoms with Crippen LogP contribution in [0.3, 0.4) is 0 Å². The van der Waals surface area contributed by atoms with Gasteiger partial charge < -0.3 is 20.1 Å². The first-order valence-corrected chi connectivity index (χ1v) is 4.54. The normalized spacial score (nSPS) is 13.1. The van der Waals surface area contributed by atoms with E-state index in [0.717, 1.165) is 0 Å². The summed E-state index contributed by atoms with van der Waals surface area (Å²) in [5.41, 5.74) is 5.34. The van der Waals surface area contributed by atoms with E-state index in [4.69, 9.17) is 10.5 Å². The quantitative estimate of drug-likeness (QED) is 0.634. The molecule has 0 amide bonds. The van der Waals surface area contributed by atoms with Gasteiger partial charge in [-0.05, 0) is 13.0 Å². The summed E-state index contributed by atoms with van der Waals surface area (Å²) >= 11 is 0. The first kappa shape index (κ1) is 11.1. The second-order valence-electron chi connectivity index (χ2n) is 2.97. The van der Waals surface area contributed by atoms with Crippen molar-refractivity contribution in [1.82, 2.24) is 14.8 Å². The van der Waals surface area contributed by atoms with Gasteiger partial charge in [0.2, 0.25) is 0 Å². The lowest BCUT2D eigenvalue weighted by atomic mass is 10.2. The lowest BCUT2D eigenvalue weighted by molar-refractivity contribution is 0.147. The molecule has 0 aromatic carbocycles. The Morgan fingerprint density at radius 1 is 1.71 bits per heavy atom. The van der Waals surface area contributed by atoms with Crippen molar-refractivity contribution in [2.45, 2.75) is 19.1 Å². The average Bonchev–Trinajstić information content (AvgIpc) is 2.63. The molecule has 1 aromatic rings. The van der Waals surface area contributed by atoms with E-state index < -0.39 is 6.10 Å². The summed E-state index contributed by atoms with van der Waals surface area (Å²) < 4.78 is 6.69. The van der Waals surface area contributed by atoms with Gasteiger partial charge in [0.05, 0.1) is 6.61 Å². The third-order valence-electron chi connectivity index (χ3n) is 1.92. The van der Waals surface area contributed by atoms with Crippen molar-refractivity contribution in [2.24, 2.45) is 5.73 Å². The highest BCUT2D eigenvalue weighted by Gasteiger charge is 2.13. The van der Waals surface area contributed by atoms with E-state index >= 15 is 0 Å². The standard InChI is InChI=1S/C8H16N4O2/c1-14-5-4-12-6-10-11-8(12)7(13)2-3-9/h6-7,13H,2-5,9H2,1H3. The van der Waals surface area contributed by atoms with Crippen LogP contribution in [0.2, 0.25) is 0 Å². The molecule has 0 fully saturated rings. The molecule has 3 N–H and O–H groups in total. The highest BCUT2D eigenvalue weighted by Crippen LogP contribution is 2.12. The van der Waals surface area contributed by atoms with Crippen LogP contribution < -0.4 is 5.73 Å². The third-order valence-corrected chi connectivity index (χ3v) is 1.92. The number of nitrogens with two attached hydrogens (primary N) is 1. The molecule has 0 saturated carbocycles. The summed E-state index contributed by atoms with van der Waals surface area (Å²) in [5, 5.41) is 17.2. The van der Waals surface area contributed by atoms with E-state index in [0.29, 0.717) is 31.9 Å². The molecule has 0 saturated heterocycles. The zero-order valence-electron chi connectivity index (χ0n) is 8.26. The Bertz CT molecular complexity index is 264. The van der Waals surface area contributed by atoms with Gasteiger partial charge in [-0.1, -0.05) is 0 Å². The van der Waals surface area contributed by atoms with E-state index in [2.05, 4.69) is 10.2 Å². The molecule has 6 nitrogen and oxygen atoms in total. The van der Waals surface area contributed by atoms with Crippen molar-refractivity contribution in [3.8, 4) is 0 Å².